The van der Waals surface area contributed by atoms with E-state index in [1.165, 1.54) is 0 Å². The largest absolute Gasteiger partial charge is 0.385 e. The average molecular weight is 166 g/mol. The molecule has 0 amide bonds. The number of ketones is 1. The van der Waals surface area contributed by atoms with Crippen LogP contribution < -0.4 is 0 Å². The number of carbonyl (C=O) groups excluding carboxylic acids is 1. The van der Waals surface area contributed by atoms with Crippen molar-refractivity contribution in [2.24, 2.45) is 0 Å². The molecule has 0 aromatic carbocycles. The zero-order valence-electron chi connectivity index (χ0n) is 7.55. The van der Waals surface area contributed by atoms with E-state index >= 15 is 0 Å². The predicted molar refractivity (Wildman–Crippen MR) is 47.8 cm³/mol. The van der Waals surface area contributed by atoms with E-state index in [0.717, 1.165) is 5.57 Å². The zero-order valence-corrected chi connectivity index (χ0v) is 7.55. The summed E-state index contributed by atoms with van der Waals surface area (Å²) in [4.78, 5) is 11.2. The van der Waals surface area contributed by atoms with Gasteiger partial charge >= 0.3 is 0 Å². The number of hydrogen-bond acceptors (Lipinski definition) is 2. The summed E-state index contributed by atoms with van der Waals surface area (Å²) in [6, 6.07) is 0. The lowest BCUT2D eigenvalue weighted by molar-refractivity contribution is -0.119. The molecule has 0 saturated heterocycles. The van der Waals surface area contributed by atoms with Crippen LogP contribution in [0.25, 0.3) is 0 Å². The molecule has 0 unspecified atom stereocenters. The van der Waals surface area contributed by atoms with E-state index in [-0.39, 0.29) is 12.2 Å². The lowest BCUT2D eigenvalue weighted by Crippen LogP contribution is -2.35. The Labute approximate surface area is 72.6 Å². The molecular formula is C10H14O2. The molecule has 0 bridgehead atoms. The Morgan fingerprint density at radius 1 is 1.75 bits per heavy atom. The Kier molecular flexibility index (Phi) is 2.20. The SMILES string of the molecule is C=C(C)[C@@]1(O)CC=C(C)C(=O)C1. The number of carbonyl (C=O) groups is 1. The quantitative estimate of drug-likeness (QED) is 0.601. The standard InChI is InChI=1S/C10H14O2/c1-7(2)10(12)5-4-8(3)9(11)6-10/h4,12H,1,5-6H2,2-3H3/t10-/m1/s1. The van der Waals surface area contributed by atoms with Crippen molar-refractivity contribution in [1.29, 1.82) is 0 Å². The summed E-state index contributed by atoms with van der Waals surface area (Å²) in [6.07, 6.45) is 2.48. The highest BCUT2D eigenvalue weighted by atomic mass is 16.3. The van der Waals surface area contributed by atoms with Crippen LogP contribution in [0.15, 0.2) is 23.8 Å². The molecule has 0 aromatic heterocycles. The average Bonchev–Trinajstić information content (AvgIpc) is 1.97. The molecule has 1 rings (SSSR count). The fraction of sp³-hybridized carbons (Fsp3) is 0.500. The molecule has 0 aromatic rings. The molecule has 1 aliphatic carbocycles. The summed E-state index contributed by atoms with van der Waals surface area (Å²) < 4.78 is 0. The molecule has 1 aliphatic rings. The molecule has 1 N–H and O–H groups in total. The maximum absolute atomic E-state index is 11.2. The normalized spacial score (nSPS) is 29.9. The summed E-state index contributed by atoms with van der Waals surface area (Å²) in [7, 11) is 0. The second-order valence-electron chi connectivity index (χ2n) is 3.50. The van der Waals surface area contributed by atoms with E-state index in [1.807, 2.05) is 0 Å². The Bertz CT molecular complexity index is 263. The van der Waals surface area contributed by atoms with Gasteiger partial charge in [0.2, 0.25) is 0 Å². The van der Waals surface area contributed by atoms with Crippen LogP contribution in [0.5, 0.6) is 0 Å². The smallest absolute Gasteiger partial charge is 0.161 e. The topological polar surface area (TPSA) is 37.3 Å². The van der Waals surface area contributed by atoms with Gasteiger partial charge in [0.1, 0.15) is 0 Å². The van der Waals surface area contributed by atoms with E-state index in [1.54, 1.807) is 19.9 Å². The van der Waals surface area contributed by atoms with Gasteiger partial charge in [0.05, 0.1) is 5.60 Å². The summed E-state index contributed by atoms with van der Waals surface area (Å²) in [6.45, 7) is 7.21. The second kappa shape index (κ2) is 2.87. The summed E-state index contributed by atoms with van der Waals surface area (Å²) in [5.74, 6) is 0.0201. The first-order valence-corrected chi connectivity index (χ1v) is 4.04. The van der Waals surface area contributed by atoms with E-state index in [2.05, 4.69) is 6.58 Å². The molecule has 66 valence electrons. The summed E-state index contributed by atoms with van der Waals surface area (Å²) >= 11 is 0. The van der Waals surface area contributed by atoms with Crippen molar-refractivity contribution in [1.82, 2.24) is 0 Å². The van der Waals surface area contributed by atoms with Crippen LogP contribution in [-0.2, 0) is 4.79 Å². The molecule has 0 fully saturated rings. The summed E-state index contributed by atoms with van der Waals surface area (Å²) in [5, 5.41) is 9.87. The van der Waals surface area contributed by atoms with E-state index in [0.29, 0.717) is 12.0 Å². The van der Waals surface area contributed by atoms with Gasteiger partial charge in [-0.15, -0.1) is 0 Å². The maximum atomic E-state index is 11.2. The molecule has 2 nitrogen and oxygen atoms in total. The van der Waals surface area contributed by atoms with Gasteiger partial charge in [0.25, 0.3) is 0 Å². The fourth-order valence-electron chi connectivity index (χ4n) is 1.24. The van der Waals surface area contributed by atoms with Crippen molar-refractivity contribution < 1.29 is 9.90 Å². The van der Waals surface area contributed by atoms with Crippen LogP contribution in [0.4, 0.5) is 0 Å². The fourth-order valence-corrected chi connectivity index (χ4v) is 1.24. The van der Waals surface area contributed by atoms with Gasteiger partial charge in [0.15, 0.2) is 5.78 Å². The van der Waals surface area contributed by atoms with Crippen LogP contribution in [0, 0.1) is 0 Å². The van der Waals surface area contributed by atoms with Crippen LogP contribution in [0.2, 0.25) is 0 Å². The lowest BCUT2D eigenvalue weighted by atomic mass is 9.81. The zero-order chi connectivity index (χ0) is 9.35. The van der Waals surface area contributed by atoms with Crippen molar-refractivity contribution in [3.63, 3.8) is 0 Å². The highest BCUT2D eigenvalue weighted by Crippen LogP contribution is 2.30. The maximum Gasteiger partial charge on any atom is 0.161 e. The van der Waals surface area contributed by atoms with E-state index in [9.17, 15) is 9.90 Å². The molecule has 1 atom stereocenters. The first kappa shape index (κ1) is 9.20. The van der Waals surface area contributed by atoms with Crippen LogP contribution in [0.1, 0.15) is 26.7 Å². The molecule has 0 spiro atoms. The molecule has 0 heterocycles. The first-order chi connectivity index (χ1) is 5.46. The van der Waals surface area contributed by atoms with E-state index in [4.69, 9.17) is 0 Å². The Balaban J connectivity index is 2.90. The minimum absolute atomic E-state index is 0.0201. The van der Waals surface area contributed by atoms with Gasteiger partial charge in [-0.2, -0.15) is 0 Å². The van der Waals surface area contributed by atoms with Gasteiger partial charge < -0.3 is 5.11 Å². The highest BCUT2D eigenvalue weighted by molar-refractivity contribution is 5.96. The van der Waals surface area contributed by atoms with Gasteiger partial charge in [0, 0.05) is 6.42 Å². The van der Waals surface area contributed by atoms with Gasteiger partial charge in [-0.25, -0.2) is 0 Å². The van der Waals surface area contributed by atoms with Crippen molar-refractivity contribution in [3.8, 4) is 0 Å². The Hall–Kier alpha value is -0.890. The molecule has 0 radical (unpaired) electrons. The minimum Gasteiger partial charge on any atom is -0.385 e. The van der Waals surface area contributed by atoms with Crippen LogP contribution in [0.3, 0.4) is 0 Å². The molecule has 0 saturated carbocycles. The van der Waals surface area contributed by atoms with Crippen molar-refractivity contribution in [3.05, 3.63) is 23.8 Å². The lowest BCUT2D eigenvalue weighted by Gasteiger charge is -2.30. The monoisotopic (exact) mass is 166 g/mol. The summed E-state index contributed by atoms with van der Waals surface area (Å²) in [5.41, 5.74) is 0.428. The third-order valence-corrected chi connectivity index (χ3v) is 2.43. The predicted octanol–water partition coefficient (Wildman–Crippen LogP) is 1.60. The molecular weight excluding hydrogens is 152 g/mol. The minimum atomic E-state index is -0.989. The second-order valence-corrected chi connectivity index (χ2v) is 3.50. The highest BCUT2D eigenvalue weighted by Gasteiger charge is 2.33. The number of aliphatic hydroxyl groups is 1. The Morgan fingerprint density at radius 3 is 2.75 bits per heavy atom. The van der Waals surface area contributed by atoms with Gasteiger partial charge in [-0.1, -0.05) is 12.7 Å². The van der Waals surface area contributed by atoms with E-state index < -0.39 is 5.60 Å². The van der Waals surface area contributed by atoms with Crippen molar-refractivity contribution in [2.45, 2.75) is 32.3 Å². The first-order valence-electron chi connectivity index (χ1n) is 4.04. The van der Waals surface area contributed by atoms with Crippen molar-refractivity contribution in [2.75, 3.05) is 0 Å². The number of rotatable bonds is 1. The van der Waals surface area contributed by atoms with Gasteiger partial charge in [-0.05, 0) is 31.4 Å². The number of allylic oxidation sites excluding steroid dienone is 1. The third-order valence-electron chi connectivity index (χ3n) is 2.43. The van der Waals surface area contributed by atoms with Crippen LogP contribution >= 0.6 is 0 Å². The van der Waals surface area contributed by atoms with Crippen molar-refractivity contribution >= 4 is 5.78 Å². The number of Topliss-reactive ketones (excluding diaryl/α,β-unsaturated/α-hetero) is 1. The molecule has 2 heteroatoms. The Morgan fingerprint density at radius 2 is 2.33 bits per heavy atom. The third kappa shape index (κ3) is 1.48. The van der Waals surface area contributed by atoms with Gasteiger partial charge in [-0.3, -0.25) is 4.79 Å². The molecule has 0 aliphatic heterocycles. The number of hydrogen-bond donors (Lipinski definition) is 1. The molecule has 12 heavy (non-hydrogen) atoms. The van der Waals surface area contributed by atoms with Crippen LogP contribution in [-0.4, -0.2) is 16.5 Å².